The minimum absolute atomic E-state index is 0.0459. The Kier molecular flexibility index (Phi) is 4.74. The number of carbonyl (C=O) groups excluding carboxylic acids is 1. The van der Waals surface area contributed by atoms with Crippen molar-refractivity contribution in [2.75, 3.05) is 7.11 Å². The summed E-state index contributed by atoms with van der Waals surface area (Å²) in [5.41, 5.74) is 3.08. The zero-order valence-electron chi connectivity index (χ0n) is 15.3. The molecule has 2 N–H and O–H groups in total. The second-order valence-corrected chi connectivity index (χ2v) is 6.69. The van der Waals surface area contributed by atoms with Gasteiger partial charge in [0.25, 0.3) is 0 Å². The quantitative estimate of drug-likeness (QED) is 0.809. The average molecular weight is 354 g/mol. The van der Waals surface area contributed by atoms with E-state index in [9.17, 15) is 15.0 Å². The molecule has 0 radical (unpaired) electrons. The molecule has 136 valence electrons. The van der Waals surface area contributed by atoms with Crippen LogP contribution < -0.4 is 4.74 Å². The number of hydrogen-bond donors (Lipinski definition) is 2. The SMILES string of the molecule is CO[C@@H]1Oc2ccc(CC=C(C)C)c(O)c2C(=O)c2c(O)cc(C)cc21. The average Bonchev–Trinajstić information content (AvgIpc) is 2.69. The molecule has 1 atom stereocenters. The number of phenols is 2. The summed E-state index contributed by atoms with van der Waals surface area (Å²) in [6, 6.07) is 6.64. The van der Waals surface area contributed by atoms with Crippen molar-refractivity contribution in [2.24, 2.45) is 0 Å². The molecule has 0 aliphatic carbocycles. The van der Waals surface area contributed by atoms with Gasteiger partial charge in [0.2, 0.25) is 12.1 Å². The van der Waals surface area contributed by atoms with Crippen LogP contribution in [-0.2, 0) is 11.2 Å². The highest BCUT2D eigenvalue weighted by Gasteiger charge is 2.34. The number of hydrogen-bond acceptors (Lipinski definition) is 5. The van der Waals surface area contributed by atoms with E-state index in [0.717, 1.165) is 11.1 Å². The molecule has 3 rings (SSSR count). The molecule has 0 saturated heterocycles. The van der Waals surface area contributed by atoms with Crippen LogP contribution in [0.15, 0.2) is 35.9 Å². The molecular formula is C21H22O5. The largest absolute Gasteiger partial charge is 0.507 e. The third kappa shape index (κ3) is 3.06. The first-order chi connectivity index (χ1) is 12.3. The van der Waals surface area contributed by atoms with Crippen LogP contribution in [-0.4, -0.2) is 23.1 Å². The Bertz CT molecular complexity index is 907. The number of benzene rings is 2. The van der Waals surface area contributed by atoms with Gasteiger partial charge in [-0.3, -0.25) is 4.79 Å². The Morgan fingerprint density at radius 3 is 2.62 bits per heavy atom. The van der Waals surface area contributed by atoms with Crippen molar-refractivity contribution in [1.82, 2.24) is 0 Å². The van der Waals surface area contributed by atoms with Crippen molar-refractivity contribution in [3.05, 3.63) is 63.7 Å². The Labute approximate surface area is 152 Å². The van der Waals surface area contributed by atoms with E-state index < -0.39 is 12.1 Å². The smallest absolute Gasteiger partial charge is 0.227 e. The zero-order chi connectivity index (χ0) is 19.0. The van der Waals surface area contributed by atoms with Gasteiger partial charge in [0, 0.05) is 12.7 Å². The molecule has 0 aromatic heterocycles. The van der Waals surface area contributed by atoms with Gasteiger partial charge in [-0.2, -0.15) is 0 Å². The first-order valence-corrected chi connectivity index (χ1v) is 8.39. The molecule has 1 aliphatic rings. The van der Waals surface area contributed by atoms with Crippen LogP contribution in [0.3, 0.4) is 0 Å². The van der Waals surface area contributed by atoms with Crippen molar-refractivity contribution in [1.29, 1.82) is 0 Å². The molecule has 2 aromatic rings. The van der Waals surface area contributed by atoms with Gasteiger partial charge in [0.1, 0.15) is 22.8 Å². The summed E-state index contributed by atoms with van der Waals surface area (Å²) < 4.78 is 11.2. The molecule has 0 amide bonds. The summed E-state index contributed by atoms with van der Waals surface area (Å²) in [6.07, 6.45) is 1.61. The number of aryl methyl sites for hydroxylation is 1. The number of allylic oxidation sites excluding steroid dienone is 2. The van der Waals surface area contributed by atoms with Gasteiger partial charge in [0.15, 0.2) is 0 Å². The fraction of sp³-hybridized carbons (Fsp3) is 0.286. The minimum Gasteiger partial charge on any atom is -0.507 e. The number of rotatable bonds is 3. The molecule has 0 fully saturated rings. The second kappa shape index (κ2) is 6.84. The Hall–Kier alpha value is -2.79. The maximum absolute atomic E-state index is 13.2. The van der Waals surface area contributed by atoms with E-state index in [1.165, 1.54) is 13.2 Å². The molecule has 5 heteroatoms. The first-order valence-electron chi connectivity index (χ1n) is 8.39. The number of fused-ring (bicyclic) bond motifs is 2. The number of methoxy groups -OCH3 is 1. The van der Waals surface area contributed by atoms with Crippen LogP contribution in [0.5, 0.6) is 17.2 Å². The highest BCUT2D eigenvalue weighted by molar-refractivity contribution is 6.15. The third-order valence-corrected chi connectivity index (χ3v) is 4.40. The molecule has 0 unspecified atom stereocenters. The molecule has 1 aliphatic heterocycles. The van der Waals surface area contributed by atoms with Crippen molar-refractivity contribution >= 4 is 5.78 Å². The fourth-order valence-corrected chi connectivity index (χ4v) is 3.12. The summed E-state index contributed by atoms with van der Waals surface area (Å²) in [5, 5.41) is 21.1. The summed E-state index contributed by atoms with van der Waals surface area (Å²) in [4.78, 5) is 13.2. The maximum atomic E-state index is 13.2. The van der Waals surface area contributed by atoms with E-state index >= 15 is 0 Å². The zero-order valence-corrected chi connectivity index (χ0v) is 15.3. The lowest BCUT2D eigenvalue weighted by Gasteiger charge is -2.18. The van der Waals surface area contributed by atoms with Gasteiger partial charge < -0.3 is 19.7 Å². The number of carbonyl (C=O) groups is 1. The summed E-state index contributed by atoms with van der Waals surface area (Å²) in [7, 11) is 1.46. The molecule has 2 aromatic carbocycles. The maximum Gasteiger partial charge on any atom is 0.227 e. The minimum atomic E-state index is -0.857. The van der Waals surface area contributed by atoms with E-state index in [1.54, 1.807) is 18.2 Å². The van der Waals surface area contributed by atoms with Gasteiger partial charge in [-0.05, 0) is 56.5 Å². The molecule has 0 bridgehead atoms. The van der Waals surface area contributed by atoms with Gasteiger partial charge >= 0.3 is 0 Å². The van der Waals surface area contributed by atoms with Crippen molar-refractivity contribution in [3.63, 3.8) is 0 Å². The molecule has 26 heavy (non-hydrogen) atoms. The van der Waals surface area contributed by atoms with Crippen LogP contribution in [0.1, 0.15) is 52.7 Å². The third-order valence-electron chi connectivity index (χ3n) is 4.40. The first kappa shape index (κ1) is 18.0. The summed E-state index contributed by atoms with van der Waals surface area (Å²) in [5.74, 6) is -0.539. The van der Waals surface area contributed by atoms with Gasteiger partial charge in [0.05, 0.1) is 5.56 Å². The van der Waals surface area contributed by atoms with Gasteiger partial charge in [-0.25, -0.2) is 0 Å². The topological polar surface area (TPSA) is 76.0 Å². The van der Waals surface area contributed by atoms with Crippen LogP contribution in [0, 0.1) is 6.92 Å². The molecule has 1 heterocycles. The monoisotopic (exact) mass is 354 g/mol. The molecule has 5 nitrogen and oxygen atoms in total. The van der Waals surface area contributed by atoms with Gasteiger partial charge in [-0.1, -0.05) is 17.7 Å². The van der Waals surface area contributed by atoms with Crippen molar-refractivity contribution in [3.8, 4) is 17.2 Å². The fourth-order valence-electron chi connectivity index (χ4n) is 3.12. The predicted molar refractivity (Wildman–Crippen MR) is 97.9 cm³/mol. The molecule has 0 saturated carbocycles. The van der Waals surface area contributed by atoms with E-state index in [1.807, 2.05) is 26.8 Å². The lowest BCUT2D eigenvalue weighted by molar-refractivity contribution is -0.0559. The number of ketones is 1. The van der Waals surface area contributed by atoms with E-state index in [2.05, 4.69) is 0 Å². The van der Waals surface area contributed by atoms with Crippen LogP contribution in [0.4, 0.5) is 0 Å². The predicted octanol–water partition coefficient (Wildman–Crippen LogP) is 4.18. The summed E-state index contributed by atoms with van der Waals surface area (Å²) >= 11 is 0. The van der Waals surface area contributed by atoms with Crippen LogP contribution >= 0.6 is 0 Å². The van der Waals surface area contributed by atoms with Crippen LogP contribution in [0.2, 0.25) is 0 Å². The van der Waals surface area contributed by atoms with E-state index in [-0.39, 0.29) is 28.4 Å². The normalized spacial score (nSPS) is 15.5. The lowest BCUT2D eigenvalue weighted by atomic mass is 9.93. The molecule has 0 spiro atoms. The lowest BCUT2D eigenvalue weighted by Crippen LogP contribution is -2.11. The molecular weight excluding hydrogens is 332 g/mol. The Balaban J connectivity index is 2.22. The Morgan fingerprint density at radius 2 is 1.96 bits per heavy atom. The van der Waals surface area contributed by atoms with Crippen molar-refractivity contribution in [2.45, 2.75) is 33.5 Å². The van der Waals surface area contributed by atoms with E-state index in [4.69, 9.17) is 9.47 Å². The number of phenolic OH excluding ortho intramolecular Hbond substituents is 2. The summed E-state index contributed by atoms with van der Waals surface area (Å²) in [6.45, 7) is 5.74. The Morgan fingerprint density at radius 1 is 1.23 bits per heavy atom. The van der Waals surface area contributed by atoms with Crippen LogP contribution in [0.25, 0.3) is 0 Å². The standard InChI is InChI=1S/C21H22O5/c1-11(2)5-6-13-7-8-16-18(19(13)23)20(24)17-14(21(25-4)26-16)9-12(3)10-15(17)22/h5,7-10,21-23H,6H2,1-4H3/t21-/m1/s1. The highest BCUT2D eigenvalue weighted by Crippen LogP contribution is 2.43. The number of ether oxygens (including phenoxy) is 2. The van der Waals surface area contributed by atoms with E-state index in [0.29, 0.717) is 17.5 Å². The number of aromatic hydroxyl groups is 2. The highest BCUT2D eigenvalue weighted by atomic mass is 16.7. The second-order valence-electron chi connectivity index (χ2n) is 6.69. The van der Waals surface area contributed by atoms with Crippen molar-refractivity contribution < 1.29 is 24.5 Å². The van der Waals surface area contributed by atoms with Gasteiger partial charge in [-0.15, -0.1) is 0 Å².